The molecule has 8 unspecified atom stereocenters. The predicted octanol–water partition coefficient (Wildman–Crippen LogP) is 7.61. The van der Waals surface area contributed by atoms with Gasteiger partial charge in [-0.1, -0.05) is 27.7 Å². The van der Waals surface area contributed by atoms with Gasteiger partial charge in [0.2, 0.25) is 0 Å². The number of hydrogen-bond donors (Lipinski definition) is 1. The second-order valence-electron chi connectivity index (χ2n) is 18.0. The number of nitrogens with zero attached hydrogens (tertiary/aromatic N) is 2. The van der Waals surface area contributed by atoms with Crippen LogP contribution in [0.3, 0.4) is 0 Å². The molecule has 5 saturated carbocycles. The van der Waals surface area contributed by atoms with E-state index < -0.39 is 0 Å². The standard InChI is InChI=1S/C34H62N2O/c1-22(35(12)28(2,3)4)27-23(37)20-32(11)25-15-14-24-30(8,9)26(36(13)29(5,6)7)16-17-33(24)21-34(25,33)19-18-31(27,32)10/h22-27,37H,14-21H2,1-13H3/t22?,23-,24?,25?,26?,27?,31?,32+,33?,34?/m1/s1. The van der Waals surface area contributed by atoms with Crippen LogP contribution < -0.4 is 0 Å². The topological polar surface area (TPSA) is 26.7 Å². The Morgan fingerprint density at radius 2 is 1.32 bits per heavy atom. The summed E-state index contributed by atoms with van der Waals surface area (Å²) in [6.07, 6.45) is 10.6. The molecule has 0 aromatic heterocycles. The van der Waals surface area contributed by atoms with Gasteiger partial charge in [0.15, 0.2) is 0 Å². The molecule has 0 amide bonds. The summed E-state index contributed by atoms with van der Waals surface area (Å²) in [6, 6.07) is 1.07. The van der Waals surface area contributed by atoms with E-state index in [4.69, 9.17) is 0 Å². The van der Waals surface area contributed by atoms with Crippen molar-refractivity contribution in [1.82, 2.24) is 9.80 Å². The van der Waals surface area contributed by atoms with Crippen LogP contribution in [0.4, 0.5) is 0 Å². The largest absolute Gasteiger partial charge is 0.393 e. The van der Waals surface area contributed by atoms with Gasteiger partial charge in [-0.3, -0.25) is 9.80 Å². The highest BCUT2D eigenvalue weighted by molar-refractivity contribution is 5.31. The van der Waals surface area contributed by atoms with Crippen LogP contribution in [-0.4, -0.2) is 58.3 Å². The summed E-state index contributed by atoms with van der Waals surface area (Å²) >= 11 is 0. The van der Waals surface area contributed by atoms with Gasteiger partial charge < -0.3 is 5.11 Å². The average Bonchev–Trinajstić information content (AvgIpc) is 3.36. The van der Waals surface area contributed by atoms with Crippen molar-refractivity contribution < 1.29 is 5.11 Å². The molecule has 5 rings (SSSR count). The van der Waals surface area contributed by atoms with E-state index in [-0.39, 0.29) is 28.0 Å². The van der Waals surface area contributed by atoms with E-state index in [0.717, 1.165) is 18.3 Å². The number of aliphatic hydroxyl groups is 1. The zero-order valence-electron chi connectivity index (χ0n) is 27.0. The third kappa shape index (κ3) is 3.47. The third-order valence-electron chi connectivity index (χ3n) is 14.9. The van der Waals surface area contributed by atoms with Gasteiger partial charge in [-0.25, -0.2) is 0 Å². The monoisotopic (exact) mass is 514 g/mol. The number of rotatable bonds is 3. The molecule has 2 spiro atoms. The smallest absolute Gasteiger partial charge is 0.0594 e. The van der Waals surface area contributed by atoms with Crippen LogP contribution in [0.2, 0.25) is 0 Å². The van der Waals surface area contributed by atoms with Crippen LogP contribution in [0.1, 0.15) is 128 Å². The molecule has 0 aliphatic heterocycles. The Kier molecular flexibility index (Phi) is 6.14. The fraction of sp³-hybridized carbons (Fsp3) is 1.00. The molecule has 0 aromatic rings. The van der Waals surface area contributed by atoms with Crippen LogP contribution in [0, 0.1) is 44.8 Å². The zero-order valence-corrected chi connectivity index (χ0v) is 27.0. The van der Waals surface area contributed by atoms with Gasteiger partial charge in [0.1, 0.15) is 0 Å². The lowest BCUT2D eigenvalue weighted by Gasteiger charge is -2.64. The average molecular weight is 515 g/mol. The van der Waals surface area contributed by atoms with Gasteiger partial charge >= 0.3 is 0 Å². The van der Waals surface area contributed by atoms with Crippen molar-refractivity contribution in [3.05, 3.63) is 0 Å². The van der Waals surface area contributed by atoms with Crippen molar-refractivity contribution in [2.75, 3.05) is 14.1 Å². The molecular weight excluding hydrogens is 452 g/mol. The maximum atomic E-state index is 11.8. The molecule has 3 heteroatoms. The molecule has 214 valence electrons. The quantitative estimate of drug-likeness (QED) is 0.420. The molecule has 37 heavy (non-hydrogen) atoms. The summed E-state index contributed by atoms with van der Waals surface area (Å²) in [4.78, 5) is 5.26. The Bertz CT molecular complexity index is 914. The van der Waals surface area contributed by atoms with Crippen molar-refractivity contribution in [1.29, 1.82) is 0 Å². The molecule has 0 radical (unpaired) electrons. The minimum atomic E-state index is -0.176. The molecule has 10 atom stereocenters. The second-order valence-corrected chi connectivity index (χ2v) is 18.0. The van der Waals surface area contributed by atoms with Crippen molar-refractivity contribution in [3.8, 4) is 0 Å². The Balaban J connectivity index is 1.46. The molecule has 3 nitrogen and oxygen atoms in total. The van der Waals surface area contributed by atoms with Crippen LogP contribution in [0.25, 0.3) is 0 Å². The van der Waals surface area contributed by atoms with Gasteiger partial charge in [-0.05, 0) is 153 Å². The highest BCUT2D eigenvalue weighted by Gasteiger charge is 2.83. The predicted molar refractivity (Wildman–Crippen MR) is 157 cm³/mol. The van der Waals surface area contributed by atoms with E-state index >= 15 is 0 Å². The summed E-state index contributed by atoms with van der Waals surface area (Å²) in [5.74, 6) is 1.99. The highest BCUT2D eigenvalue weighted by atomic mass is 16.3. The first-order valence-corrected chi connectivity index (χ1v) is 15.8. The Morgan fingerprint density at radius 1 is 0.757 bits per heavy atom. The lowest BCUT2D eigenvalue weighted by Crippen LogP contribution is -2.62. The first-order chi connectivity index (χ1) is 16.7. The van der Waals surface area contributed by atoms with Crippen LogP contribution in [0.5, 0.6) is 0 Å². The highest BCUT2D eigenvalue weighted by Crippen LogP contribution is 2.89. The van der Waals surface area contributed by atoms with Gasteiger partial charge in [-0.15, -0.1) is 0 Å². The van der Waals surface area contributed by atoms with Crippen LogP contribution in [0.15, 0.2) is 0 Å². The number of hydrogen-bond acceptors (Lipinski definition) is 3. The van der Waals surface area contributed by atoms with E-state index in [1.165, 1.54) is 44.9 Å². The van der Waals surface area contributed by atoms with Gasteiger partial charge in [0.25, 0.3) is 0 Å². The lowest BCUT2D eigenvalue weighted by molar-refractivity contribution is -0.159. The van der Waals surface area contributed by atoms with Gasteiger partial charge in [0.05, 0.1) is 6.10 Å². The first kappa shape index (κ1) is 28.4. The molecule has 5 aliphatic rings. The molecule has 1 N–H and O–H groups in total. The van der Waals surface area contributed by atoms with Crippen LogP contribution in [-0.2, 0) is 0 Å². The van der Waals surface area contributed by atoms with Crippen LogP contribution >= 0.6 is 0 Å². The minimum Gasteiger partial charge on any atom is -0.393 e. The normalized spacial score (nSPS) is 49.8. The van der Waals surface area contributed by atoms with Gasteiger partial charge in [0, 0.05) is 29.1 Å². The van der Waals surface area contributed by atoms with Gasteiger partial charge in [-0.2, -0.15) is 0 Å². The molecule has 5 aliphatic carbocycles. The fourth-order valence-electron chi connectivity index (χ4n) is 12.3. The Hall–Kier alpha value is -0.120. The number of aliphatic hydroxyl groups excluding tert-OH is 1. The Morgan fingerprint density at radius 3 is 1.89 bits per heavy atom. The van der Waals surface area contributed by atoms with E-state index in [9.17, 15) is 5.11 Å². The third-order valence-corrected chi connectivity index (χ3v) is 14.9. The second kappa shape index (κ2) is 8.00. The van der Waals surface area contributed by atoms with Crippen molar-refractivity contribution in [3.63, 3.8) is 0 Å². The zero-order chi connectivity index (χ0) is 27.8. The lowest BCUT2D eigenvalue weighted by atomic mass is 9.41. The summed E-state index contributed by atoms with van der Waals surface area (Å²) in [7, 11) is 4.68. The molecule has 0 bridgehead atoms. The first-order valence-electron chi connectivity index (χ1n) is 15.8. The minimum absolute atomic E-state index is 0.118. The molecule has 0 aromatic carbocycles. The van der Waals surface area contributed by atoms with Crippen molar-refractivity contribution in [2.24, 2.45) is 44.8 Å². The van der Waals surface area contributed by atoms with Crippen molar-refractivity contribution in [2.45, 2.75) is 157 Å². The van der Waals surface area contributed by atoms with E-state index in [1.54, 1.807) is 0 Å². The Labute approximate surface area is 230 Å². The molecular formula is C34H62N2O. The maximum Gasteiger partial charge on any atom is 0.0594 e. The summed E-state index contributed by atoms with van der Waals surface area (Å²) in [5.41, 5.74) is 2.27. The van der Waals surface area contributed by atoms with Crippen molar-refractivity contribution >= 4 is 0 Å². The van der Waals surface area contributed by atoms with E-state index in [2.05, 4.69) is 100 Å². The summed E-state index contributed by atoms with van der Waals surface area (Å²) in [6.45, 7) is 27.1. The van der Waals surface area contributed by atoms with E-state index in [0.29, 0.717) is 34.2 Å². The summed E-state index contributed by atoms with van der Waals surface area (Å²) in [5, 5.41) is 11.8. The van der Waals surface area contributed by atoms with E-state index in [1.807, 2.05) is 0 Å². The number of fused-ring (bicyclic) bond motifs is 2. The fourth-order valence-corrected chi connectivity index (χ4v) is 12.3. The summed E-state index contributed by atoms with van der Waals surface area (Å²) < 4.78 is 0. The maximum absolute atomic E-state index is 11.8. The molecule has 0 saturated heterocycles. The molecule has 5 fully saturated rings. The molecule has 0 heterocycles. The SMILES string of the molecule is CC(C1[C@H](O)C[C@@]2(C)C3CCC4C(C)(C)C(N(C)C(C)(C)C)CCC45CC35CCC12C)N(C)C(C)(C)C.